The van der Waals surface area contributed by atoms with Gasteiger partial charge in [0.15, 0.2) is 0 Å². The summed E-state index contributed by atoms with van der Waals surface area (Å²) in [7, 11) is 0. The van der Waals surface area contributed by atoms with Gasteiger partial charge in [0.05, 0.1) is 32.7 Å². The van der Waals surface area contributed by atoms with Crippen LogP contribution in [0.5, 0.6) is 0 Å². The molecule has 5 N–H and O–H groups in total. The molecule has 4 radical (unpaired) electrons. The average Bonchev–Trinajstić information content (AvgIpc) is 2.54. The van der Waals surface area contributed by atoms with E-state index in [2.05, 4.69) is 0 Å². The summed E-state index contributed by atoms with van der Waals surface area (Å²) in [6, 6.07) is -0.954. The van der Waals surface area contributed by atoms with Crippen molar-refractivity contribution in [2.45, 2.75) is 31.3 Å². The third-order valence-corrected chi connectivity index (χ3v) is 4.70. The largest absolute Gasteiger partial charge is 0.480 e. The van der Waals surface area contributed by atoms with E-state index >= 15 is 0 Å². The first kappa shape index (κ1) is 29.2. The van der Waals surface area contributed by atoms with Gasteiger partial charge in [0.1, 0.15) is 0 Å². The van der Waals surface area contributed by atoms with E-state index in [-0.39, 0.29) is 40.4 Å². The molecular formula is C17H27N3O10Pb. The molecule has 0 aromatic heterocycles. The molecule has 0 amide bonds. The van der Waals surface area contributed by atoms with E-state index in [1.807, 2.05) is 0 Å². The van der Waals surface area contributed by atoms with Crippen LogP contribution in [0.1, 0.15) is 19.3 Å². The predicted molar refractivity (Wildman–Crippen MR) is 105 cm³/mol. The van der Waals surface area contributed by atoms with Crippen molar-refractivity contribution in [3.05, 3.63) is 0 Å². The number of carboxylic acid groups (broad SMARTS) is 5. The Labute approximate surface area is 198 Å². The van der Waals surface area contributed by atoms with Gasteiger partial charge < -0.3 is 25.5 Å². The number of hydrogen-bond donors (Lipinski definition) is 5. The summed E-state index contributed by atoms with van der Waals surface area (Å²) in [4.78, 5) is 59.5. The number of rotatable bonds is 14. The molecule has 2 atom stereocenters. The zero-order valence-corrected chi connectivity index (χ0v) is 20.7. The quantitative estimate of drug-likeness (QED) is 0.130. The van der Waals surface area contributed by atoms with Crippen molar-refractivity contribution in [3.63, 3.8) is 0 Å². The minimum Gasteiger partial charge on any atom is -0.480 e. The fourth-order valence-electron chi connectivity index (χ4n) is 3.76. The second-order valence-corrected chi connectivity index (χ2v) is 7.22. The monoisotopic (exact) mass is 636 g/mol. The fourth-order valence-corrected chi connectivity index (χ4v) is 3.76. The van der Waals surface area contributed by atoms with Gasteiger partial charge in [0.25, 0.3) is 0 Å². The van der Waals surface area contributed by atoms with E-state index in [0.717, 1.165) is 0 Å². The minimum atomic E-state index is -1.22. The van der Waals surface area contributed by atoms with Crippen LogP contribution in [0.15, 0.2) is 0 Å². The molecule has 0 saturated carbocycles. The van der Waals surface area contributed by atoms with E-state index in [9.17, 15) is 29.1 Å². The van der Waals surface area contributed by atoms with Gasteiger partial charge in [-0.3, -0.25) is 38.7 Å². The number of carboxylic acids is 5. The summed E-state index contributed by atoms with van der Waals surface area (Å²) < 4.78 is 0. The van der Waals surface area contributed by atoms with Crippen molar-refractivity contribution < 1.29 is 49.5 Å². The number of piperidine rings is 1. The van der Waals surface area contributed by atoms with E-state index in [1.54, 1.807) is 4.90 Å². The molecule has 0 aromatic carbocycles. The molecule has 0 aliphatic carbocycles. The fraction of sp³-hybridized carbons (Fsp3) is 0.706. The molecule has 0 aromatic rings. The summed E-state index contributed by atoms with van der Waals surface area (Å²) in [6.07, 6.45) is 1.61. The normalized spacial score (nSPS) is 19.0. The zero-order valence-electron chi connectivity index (χ0n) is 16.8. The molecule has 1 heterocycles. The van der Waals surface area contributed by atoms with Crippen LogP contribution in [-0.4, -0.2) is 155 Å². The van der Waals surface area contributed by atoms with Gasteiger partial charge in [0, 0.05) is 52.5 Å². The molecule has 31 heavy (non-hydrogen) atoms. The van der Waals surface area contributed by atoms with Crippen LogP contribution in [0.3, 0.4) is 0 Å². The average molecular weight is 636 g/mol. The first-order valence-electron chi connectivity index (χ1n) is 9.27. The Morgan fingerprint density at radius 1 is 0.645 bits per heavy atom. The molecule has 1 rings (SSSR count). The molecule has 1 saturated heterocycles. The Bertz CT molecular complexity index is 584. The number of nitrogens with zero attached hydrogens (tertiary/aromatic N) is 3. The molecule has 1 aliphatic heterocycles. The topological polar surface area (TPSA) is 196 Å². The number of hydrogen-bond acceptors (Lipinski definition) is 8. The Morgan fingerprint density at radius 3 is 1.23 bits per heavy atom. The SMILES string of the molecule is O=C(O)CN(CC(=O)O)C[C@H]1CCC[C@@H](CN(CC(=O)O)CC(=O)O)N1CC(=O)O.[203Pb]. The van der Waals surface area contributed by atoms with Crippen molar-refractivity contribution in [2.75, 3.05) is 45.8 Å². The summed E-state index contributed by atoms with van der Waals surface area (Å²) in [5.74, 6) is -6.03. The van der Waals surface area contributed by atoms with Crippen molar-refractivity contribution in [3.8, 4) is 0 Å². The van der Waals surface area contributed by atoms with Crippen LogP contribution >= 0.6 is 0 Å². The van der Waals surface area contributed by atoms with Crippen LogP contribution in [0, 0.1) is 0 Å². The van der Waals surface area contributed by atoms with Crippen LogP contribution in [0.25, 0.3) is 0 Å². The van der Waals surface area contributed by atoms with E-state index < -0.39 is 74.7 Å². The van der Waals surface area contributed by atoms with Crippen LogP contribution in [0.4, 0.5) is 0 Å². The minimum absolute atomic E-state index is 0. The maximum atomic E-state index is 11.4. The molecule has 174 valence electrons. The Hall–Kier alpha value is -1.85. The maximum Gasteiger partial charge on any atom is 0.317 e. The Morgan fingerprint density at radius 2 is 0.968 bits per heavy atom. The van der Waals surface area contributed by atoms with Crippen molar-refractivity contribution in [1.82, 2.24) is 14.7 Å². The van der Waals surface area contributed by atoms with Gasteiger partial charge in [-0.25, -0.2) is 0 Å². The standard InChI is InChI=1S/C17H27N3O10.Pb/c21-13(22)6-18(7-14(23)24)4-11-2-1-3-12(20(11)10-17(29)30)5-19(8-15(25)26)9-16(27)28;/h11-12H,1-10H2,(H,21,22)(H,23,24)(H,25,26)(H,27,28)(H,29,30);/t11-,12+;/i;1-4. The van der Waals surface area contributed by atoms with E-state index in [0.29, 0.717) is 19.3 Å². The third-order valence-electron chi connectivity index (χ3n) is 4.70. The third kappa shape index (κ3) is 11.9. The van der Waals surface area contributed by atoms with Crippen molar-refractivity contribution >= 4 is 57.1 Å². The summed E-state index contributed by atoms with van der Waals surface area (Å²) >= 11 is 0. The van der Waals surface area contributed by atoms with Crippen LogP contribution in [-0.2, 0) is 24.0 Å². The smallest absolute Gasteiger partial charge is 0.317 e. The molecule has 14 heteroatoms. The first-order valence-corrected chi connectivity index (χ1v) is 9.27. The van der Waals surface area contributed by atoms with Gasteiger partial charge in [-0.15, -0.1) is 0 Å². The molecule has 0 spiro atoms. The van der Waals surface area contributed by atoms with Crippen LogP contribution < -0.4 is 0 Å². The van der Waals surface area contributed by atoms with Crippen LogP contribution in [0.2, 0.25) is 0 Å². The number of carbonyl (C=O) groups is 5. The van der Waals surface area contributed by atoms with E-state index in [4.69, 9.17) is 20.4 Å². The van der Waals surface area contributed by atoms with Gasteiger partial charge >= 0.3 is 29.8 Å². The maximum absolute atomic E-state index is 11.4. The van der Waals surface area contributed by atoms with Gasteiger partial charge in [-0.1, -0.05) is 6.42 Å². The van der Waals surface area contributed by atoms with E-state index in [1.165, 1.54) is 9.80 Å². The molecule has 13 nitrogen and oxygen atoms in total. The second-order valence-electron chi connectivity index (χ2n) is 7.22. The second kappa shape index (κ2) is 14.3. The molecule has 1 fully saturated rings. The molecular weight excluding hydrogens is 609 g/mol. The number of aliphatic carboxylic acids is 5. The Kier molecular flexibility index (Phi) is 13.4. The summed E-state index contributed by atoms with van der Waals surface area (Å²) in [5, 5.41) is 45.4. The molecule has 0 unspecified atom stereocenters. The van der Waals surface area contributed by atoms with Crippen molar-refractivity contribution in [1.29, 1.82) is 0 Å². The molecule has 1 aliphatic rings. The first-order chi connectivity index (χ1) is 14.0. The van der Waals surface area contributed by atoms with Crippen molar-refractivity contribution in [2.24, 2.45) is 0 Å². The summed E-state index contributed by atoms with van der Waals surface area (Å²) in [5.41, 5.74) is 0. The van der Waals surface area contributed by atoms with Gasteiger partial charge in [-0.2, -0.15) is 0 Å². The number of likely N-dealkylation sites (tertiary alicyclic amines) is 1. The predicted octanol–water partition coefficient (Wildman–Crippen LogP) is -2.14. The zero-order chi connectivity index (χ0) is 22.8. The molecule has 0 bridgehead atoms. The summed E-state index contributed by atoms with van der Waals surface area (Å²) in [6.45, 7) is -2.54. The van der Waals surface area contributed by atoms with Gasteiger partial charge in [0.2, 0.25) is 0 Å². The van der Waals surface area contributed by atoms with Gasteiger partial charge in [-0.05, 0) is 12.8 Å². The Balaban J connectivity index is 0.00000900.